The van der Waals surface area contributed by atoms with Crippen molar-refractivity contribution >= 4 is 15.9 Å². The van der Waals surface area contributed by atoms with E-state index in [2.05, 4.69) is 0 Å². The maximum Gasteiger partial charge on any atom is 0.281 e. The van der Waals surface area contributed by atoms with E-state index in [9.17, 15) is 13.2 Å². The molecule has 1 aromatic heterocycles. The minimum Gasteiger partial charge on any atom is -0.497 e. The molecule has 0 spiro atoms. The molecule has 0 unspecified atom stereocenters. The second kappa shape index (κ2) is 5.91. The first-order valence-electron chi connectivity index (χ1n) is 6.15. The number of rotatable bonds is 4. The van der Waals surface area contributed by atoms with Crippen LogP contribution in [0.5, 0.6) is 5.75 Å². The number of amides is 1. The Hall–Kier alpha value is -2.79. The molecular formula is C14H13N3O4S. The lowest BCUT2D eigenvalue weighted by atomic mass is 10.3. The van der Waals surface area contributed by atoms with Gasteiger partial charge in [0.05, 0.1) is 17.6 Å². The van der Waals surface area contributed by atoms with Gasteiger partial charge in [-0.3, -0.25) is 4.79 Å². The van der Waals surface area contributed by atoms with E-state index < -0.39 is 15.9 Å². The molecule has 22 heavy (non-hydrogen) atoms. The maximum atomic E-state index is 12.2. The summed E-state index contributed by atoms with van der Waals surface area (Å²) >= 11 is 0. The zero-order chi connectivity index (χ0) is 16.3. The third-order valence-corrected chi connectivity index (χ3v) is 4.27. The van der Waals surface area contributed by atoms with Gasteiger partial charge in [0.25, 0.3) is 15.9 Å². The fourth-order valence-corrected chi connectivity index (χ4v) is 2.85. The van der Waals surface area contributed by atoms with Gasteiger partial charge in [0, 0.05) is 19.3 Å². The Kier molecular flexibility index (Phi) is 4.19. The number of ether oxygens (including phenoxy) is 1. The van der Waals surface area contributed by atoms with Crippen LogP contribution in [0.1, 0.15) is 16.1 Å². The molecule has 0 saturated heterocycles. The molecule has 0 atom stereocenters. The summed E-state index contributed by atoms with van der Waals surface area (Å²) < 4.78 is 32.7. The van der Waals surface area contributed by atoms with Crippen LogP contribution in [-0.2, 0) is 17.1 Å². The number of aryl methyl sites for hydroxylation is 1. The lowest BCUT2D eigenvalue weighted by molar-refractivity contribution is 0.0973. The zero-order valence-corrected chi connectivity index (χ0v) is 12.7. The number of nitrogens with zero attached hydrogens (tertiary/aromatic N) is 2. The van der Waals surface area contributed by atoms with Crippen LogP contribution in [0.15, 0.2) is 41.4 Å². The van der Waals surface area contributed by atoms with Crippen molar-refractivity contribution in [3.63, 3.8) is 0 Å². The van der Waals surface area contributed by atoms with Crippen LogP contribution in [0.3, 0.4) is 0 Å². The fraction of sp³-hybridized carbons (Fsp3) is 0.143. The Morgan fingerprint density at radius 2 is 2.09 bits per heavy atom. The highest BCUT2D eigenvalue weighted by Gasteiger charge is 2.21. The van der Waals surface area contributed by atoms with Crippen molar-refractivity contribution in [2.24, 2.45) is 7.05 Å². The van der Waals surface area contributed by atoms with Gasteiger partial charge in [-0.05, 0) is 18.2 Å². The van der Waals surface area contributed by atoms with Crippen LogP contribution in [0, 0.1) is 11.3 Å². The molecule has 0 aliphatic carbocycles. The average Bonchev–Trinajstić information content (AvgIpc) is 2.88. The Morgan fingerprint density at radius 3 is 2.68 bits per heavy atom. The number of nitrogens with one attached hydrogen (secondary N) is 1. The molecule has 0 radical (unpaired) electrons. The van der Waals surface area contributed by atoms with Gasteiger partial charge in [-0.15, -0.1) is 0 Å². The van der Waals surface area contributed by atoms with Gasteiger partial charge >= 0.3 is 0 Å². The minimum atomic E-state index is -4.03. The number of sulfonamides is 1. The second-order valence-electron chi connectivity index (χ2n) is 4.45. The highest BCUT2D eigenvalue weighted by Crippen LogP contribution is 2.17. The van der Waals surface area contributed by atoms with Crippen molar-refractivity contribution in [2.75, 3.05) is 7.11 Å². The third-order valence-electron chi connectivity index (χ3n) is 2.95. The van der Waals surface area contributed by atoms with Gasteiger partial charge in [0.2, 0.25) is 0 Å². The highest BCUT2D eigenvalue weighted by atomic mass is 32.2. The predicted molar refractivity (Wildman–Crippen MR) is 77.8 cm³/mol. The lowest BCUT2D eigenvalue weighted by Crippen LogP contribution is -2.31. The average molecular weight is 319 g/mol. The van der Waals surface area contributed by atoms with E-state index in [1.54, 1.807) is 13.1 Å². The van der Waals surface area contributed by atoms with Gasteiger partial charge in [0.1, 0.15) is 17.5 Å². The number of aromatic nitrogens is 1. The second-order valence-corrected chi connectivity index (χ2v) is 6.13. The molecule has 1 heterocycles. The SMILES string of the molecule is COc1cccc(S(=O)(=O)NC(=O)c2cc(C#N)cn2C)c1. The van der Waals surface area contributed by atoms with Crippen molar-refractivity contribution in [1.82, 2.24) is 9.29 Å². The van der Waals surface area contributed by atoms with Gasteiger partial charge in [-0.2, -0.15) is 5.26 Å². The molecule has 0 saturated carbocycles. The number of benzene rings is 1. The molecule has 1 aromatic carbocycles. The van der Waals surface area contributed by atoms with Crippen LogP contribution >= 0.6 is 0 Å². The summed E-state index contributed by atoms with van der Waals surface area (Å²) in [6.07, 6.45) is 1.44. The summed E-state index contributed by atoms with van der Waals surface area (Å²) in [5.74, 6) is -0.451. The fourth-order valence-electron chi connectivity index (χ4n) is 1.85. The van der Waals surface area contributed by atoms with E-state index in [4.69, 9.17) is 10.00 Å². The molecule has 0 fully saturated rings. The van der Waals surface area contributed by atoms with E-state index >= 15 is 0 Å². The van der Waals surface area contributed by atoms with Crippen LogP contribution in [0.2, 0.25) is 0 Å². The summed E-state index contributed by atoms with van der Waals surface area (Å²) in [5, 5.41) is 8.80. The molecule has 0 aliphatic heterocycles. The topological polar surface area (TPSA) is 101 Å². The number of nitriles is 1. The van der Waals surface area contributed by atoms with E-state index in [1.807, 2.05) is 10.8 Å². The van der Waals surface area contributed by atoms with Crippen molar-refractivity contribution in [1.29, 1.82) is 5.26 Å². The molecule has 2 aromatic rings. The minimum absolute atomic E-state index is 0.0722. The summed E-state index contributed by atoms with van der Waals surface area (Å²) in [6, 6.07) is 8.96. The third kappa shape index (κ3) is 3.10. The van der Waals surface area contributed by atoms with Crippen molar-refractivity contribution in [3.8, 4) is 11.8 Å². The van der Waals surface area contributed by atoms with Gasteiger partial charge in [0.15, 0.2) is 0 Å². The molecule has 8 heteroatoms. The normalized spacial score (nSPS) is 10.8. The van der Waals surface area contributed by atoms with E-state index in [0.29, 0.717) is 5.75 Å². The molecular weight excluding hydrogens is 306 g/mol. The van der Waals surface area contributed by atoms with Gasteiger partial charge in [-0.25, -0.2) is 13.1 Å². The Bertz CT molecular complexity index is 862. The van der Waals surface area contributed by atoms with Gasteiger partial charge < -0.3 is 9.30 Å². The van der Waals surface area contributed by atoms with Crippen molar-refractivity contribution in [3.05, 3.63) is 47.8 Å². The molecule has 0 bridgehead atoms. The number of hydrogen-bond donors (Lipinski definition) is 1. The smallest absolute Gasteiger partial charge is 0.281 e. The molecule has 1 N–H and O–H groups in total. The number of carbonyl (C=O) groups is 1. The van der Waals surface area contributed by atoms with E-state index in [-0.39, 0.29) is 16.2 Å². The van der Waals surface area contributed by atoms with Crippen molar-refractivity contribution in [2.45, 2.75) is 4.90 Å². The molecule has 2 rings (SSSR count). The van der Waals surface area contributed by atoms with Crippen LogP contribution in [0.25, 0.3) is 0 Å². The van der Waals surface area contributed by atoms with Crippen LogP contribution in [-0.4, -0.2) is 26.0 Å². The number of hydrogen-bond acceptors (Lipinski definition) is 5. The van der Waals surface area contributed by atoms with E-state index in [0.717, 1.165) is 0 Å². The van der Waals surface area contributed by atoms with Crippen LogP contribution in [0.4, 0.5) is 0 Å². The lowest BCUT2D eigenvalue weighted by Gasteiger charge is -2.08. The molecule has 0 aliphatic rings. The quantitative estimate of drug-likeness (QED) is 0.906. The Labute approximate surface area is 127 Å². The summed E-state index contributed by atoms with van der Waals surface area (Å²) in [5.41, 5.74) is 0.342. The van der Waals surface area contributed by atoms with Gasteiger partial charge in [-0.1, -0.05) is 6.07 Å². The first kappa shape index (κ1) is 15.6. The standard InChI is InChI=1S/C14H13N3O4S/c1-17-9-10(8-15)6-13(17)14(18)16-22(19,20)12-5-3-4-11(7-12)21-2/h3-7,9H,1-2H3,(H,16,18). The highest BCUT2D eigenvalue weighted by molar-refractivity contribution is 7.90. The predicted octanol–water partition coefficient (Wildman–Crippen LogP) is 1.02. The summed E-state index contributed by atoms with van der Waals surface area (Å²) in [6.45, 7) is 0. The largest absolute Gasteiger partial charge is 0.497 e. The monoisotopic (exact) mass is 319 g/mol. The molecule has 7 nitrogen and oxygen atoms in total. The number of carbonyl (C=O) groups excluding carboxylic acids is 1. The summed E-state index contributed by atoms with van der Waals surface area (Å²) in [4.78, 5) is 12.0. The van der Waals surface area contributed by atoms with E-state index in [1.165, 1.54) is 42.1 Å². The first-order valence-corrected chi connectivity index (χ1v) is 7.63. The Balaban J connectivity index is 2.30. The first-order chi connectivity index (χ1) is 10.4. The van der Waals surface area contributed by atoms with Crippen molar-refractivity contribution < 1.29 is 17.9 Å². The number of methoxy groups -OCH3 is 1. The summed E-state index contributed by atoms with van der Waals surface area (Å²) in [7, 11) is -1.07. The zero-order valence-electron chi connectivity index (χ0n) is 11.9. The molecule has 1 amide bonds. The maximum absolute atomic E-state index is 12.2. The van der Waals surface area contributed by atoms with Crippen LogP contribution < -0.4 is 9.46 Å². The Morgan fingerprint density at radius 1 is 1.36 bits per heavy atom. The molecule has 114 valence electrons.